The summed E-state index contributed by atoms with van der Waals surface area (Å²) < 4.78 is 2.00. The van der Waals surface area contributed by atoms with Gasteiger partial charge in [-0.3, -0.25) is 4.79 Å². The van der Waals surface area contributed by atoms with E-state index < -0.39 is 0 Å². The molecular formula is C22H26Cl2N6O. The normalized spacial score (nSPS) is 16.5. The lowest BCUT2D eigenvalue weighted by Gasteiger charge is -2.39. The van der Waals surface area contributed by atoms with Crippen LogP contribution in [0.25, 0.3) is 11.0 Å². The molecule has 1 fully saturated rings. The molecule has 4 rings (SSSR count). The summed E-state index contributed by atoms with van der Waals surface area (Å²) >= 11 is 12.1. The molecule has 164 valence electrons. The number of aryl methyl sites for hydroxylation is 1. The van der Waals surface area contributed by atoms with Crippen LogP contribution in [-0.4, -0.2) is 57.6 Å². The van der Waals surface area contributed by atoms with E-state index in [0.29, 0.717) is 16.6 Å². The monoisotopic (exact) mass is 460 g/mol. The minimum absolute atomic E-state index is 0.0596. The first-order valence-electron chi connectivity index (χ1n) is 10.5. The summed E-state index contributed by atoms with van der Waals surface area (Å²) in [4.78, 5) is 26.1. The Bertz CT molecular complexity index is 1060. The van der Waals surface area contributed by atoms with Gasteiger partial charge in [0.15, 0.2) is 0 Å². The van der Waals surface area contributed by atoms with Gasteiger partial charge in [0, 0.05) is 54.7 Å². The van der Waals surface area contributed by atoms with Gasteiger partial charge in [-0.25, -0.2) is 9.97 Å². The fourth-order valence-electron chi connectivity index (χ4n) is 4.26. The maximum atomic E-state index is 12.9. The average Bonchev–Trinajstić information content (AvgIpc) is 3.14. The zero-order valence-electron chi connectivity index (χ0n) is 17.7. The first-order chi connectivity index (χ1) is 15.0. The predicted octanol–water partition coefficient (Wildman–Crippen LogP) is 4.20. The van der Waals surface area contributed by atoms with Gasteiger partial charge in [0.2, 0.25) is 5.91 Å². The third-order valence-corrected chi connectivity index (χ3v) is 6.19. The van der Waals surface area contributed by atoms with Crippen LogP contribution in [0.2, 0.25) is 10.0 Å². The van der Waals surface area contributed by atoms with E-state index in [1.807, 2.05) is 22.7 Å². The highest BCUT2D eigenvalue weighted by atomic mass is 35.5. The number of likely N-dealkylation sites (tertiary alicyclic amines) is 1. The number of fused-ring (bicyclic) bond motifs is 1. The number of likely N-dealkylation sites (N-methyl/N-ethyl adjacent to an activating group) is 1. The molecule has 1 N–H and O–H groups in total. The lowest BCUT2D eigenvalue weighted by atomic mass is 10.0. The maximum Gasteiger partial charge on any atom is 0.241 e. The highest BCUT2D eigenvalue weighted by molar-refractivity contribution is 6.35. The smallest absolute Gasteiger partial charge is 0.241 e. The minimum atomic E-state index is 0.0596. The zero-order valence-corrected chi connectivity index (χ0v) is 19.2. The summed E-state index contributed by atoms with van der Waals surface area (Å²) in [5.41, 5.74) is 1.65. The maximum absolute atomic E-state index is 12.9. The van der Waals surface area contributed by atoms with Crippen molar-refractivity contribution >= 4 is 51.6 Å². The largest absolute Gasteiger partial charge is 0.376 e. The van der Waals surface area contributed by atoms with E-state index in [1.54, 1.807) is 24.5 Å². The number of anilines is 2. The van der Waals surface area contributed by atoms with Crippen LogP contribution < -0.4 is 10.2 Å². The lowest BCUT2D eigenvalue weighted by Crippen LogP contribution is -2.51. The van der Waals surface area contributed by atoms with Crippen molar-refractivity contribution in [1.82, 2.24) is 19.4 Å². The number of carbonyl (C=O) groups excluding carboxylic acids is 1. The highest BCUT2D eigenvalue weighted by Gasteiger charge is 2.29. The van der Waals surface area contributed by atoms with Gasteiger partial charge in [0.25, 0.3) is 0 Å². The van der Waals surface area contributed by atoms with Crippen LogP contribution in [-0.2, 0) is 11.8 Å². The number of amides is 1. The van der Waals surface area contributed by atoms with Crippen molar-refractivity contribution in [1.29, 1.82) is 0 Å². The molecular weight excluding hydrogens is 435 g/mol. The molecule has 0 radical (unpaired) electrons. The van der Waals surface area contributed by atoms with E-state index in [0.717, 1.165) is 48.5 Å². The molecule has 7 nitrogen and oxygen atoms in total. The van der Waals surface area contributed by atoms with Gasteiger partial charge in [0.1, 0.15) is 17.8 Å². The highest BCUT2D eigenvalue weighted by Crippen LogP contribution is 2.28. The second kappa shape index (κ2) is 9.32. The predicted molar refractivity (Wildman–Crippen MR) is 126 cm³/mol. The van der Waals surface area contributed by atoms with E-state index in [2.05, 4.69) is 33.2 Å². The van der Waals surface area contributed by atoms with Crippen LogP contribution in [0.5, 0.6) is 0 Å². The Kier molecular flexibility index (Phi) is 6.53. The molecule has 3 aromatic rings. The Balaban J connectivity index is 1.46. The number of piperidine rings is 1. The molecule has 3 heterocycles. The standard InChI is InChI=1S/C22H26Cl2N6O/c1-3-30(22-19-6-8-28(2)21(19)26-14-27-22)18-5-4-7-29(13-18)20(31)12-25-17-10-15(23)9-16(24)11-17/h6,8-11,14,18,25H,3-5,7,12-13H2,1-2H3. The fraction of sp³-hybridized carbons (Fsp3) is 0.409. The van der Waals surface area contributed by atoms with Crippen molar-refractivity contribution in [3.63, 3.8) is 0 Å². The molecule has 1 aromatic carbocycles. The van der Waals surface area contributed by atoms with E-state index in [1.165, 1.54) is 0 Å². The Morgan fingerprint density at radius 3 is 2.77 bits per heavy atom. The van der Waals surface area contributed by atoms with Crippen molar-refractivity contribution < 1.29 is 4.79 Å². The van der Waals surface area contributed by atoms with Crippen molar-refractivity contribution in [3.8, 4) is 0 Å². The zero-order chi connectivity index (χ0) is 22.0. The molecule has 1 amide bonds. The SMILES string of the molecule is CCN(c1ncnc2c1ccn2C)C1CCCN(C(=O)CNc2cc(Cl)cc(Cl)c2)C1. The van der Waals surface area contributed by atoms with Crippen LogP contribution in [0.1, 0.15) is 19.8 Å². The Labute approximate surface area is 192 Å². The quantitative estimate of drug-likeness (QED) is 0.596. The van der Waals surface area contributed by atoms with E-state index in [4.69, 9.17) is 23.2 Å². The molecule has 1 aliphatic heterocycles. The van der Waals surface area contributed by atoms with Gasteiger partial charge < -0.3 is 19.7 Å². The molecule has 0 aliphatic carbocycles. The van der Waals surface area contributed by atoms with Crippen molar-refractivity contribution in [2.75, 3.05) is 36.4 Å². The third kappa shape index (κ3) is 4.72. The van der Waals surface area contributed by atoms with Gasteiger partial charge in [-0.15, -0.1) is 0 Å². The summed E-state index contributed by atoms with van der Waals surface area (Å²) in [6.07, 6.45) is 5.60. The lowest BCUT2D eigenvalue weighted by molar-refractivity contribution is -0.130. The Morgan fingerprint density at radius 2 is 2.03 bits per heavy atom. The molecule has 0 saturated carbocycles. The first-order valence-corrected chi connectivity index (χ1v) is 11.2. The Hall–Kier alpha value is -2.51. The first kappa shape index (κ1) is 21.7. The second-order valence-electron chi connectivity index (χ2n) is 7.79. The molecule has 1 atom stereocenters. The van der Waals surface area contributed by atoms with Crippen molar-refractivity contribution in [2.45, 2.75) is 25.8 Å². The number of carbonyl (C=O) groups is 1. The summed E-state index contributed by atoms with van der Waals surface area (Å²) in [7, 11) is 1.98. The Morgan fingerprint density at radius 1 is 1.26 bits per heavy atom. The number of aromatic nitrogens is 3. The minimum Gasteiger partial charge on any atom is -0.376 e. The molecule has 31 heavy (non-hydrogen) atoms. The number of nitrogens with one attached hydrogen (secondary N) is 1. The van der Waals surface area contributed by atoms with Gasteiger partial charge in [-0.05, 0) is 44.0 Å². The van der Waals surface area contributed by atoms with Gasteiger partial charge in [-0.1, -0.05) is 23.2 Å². The number of nitrogens with zero attached hydrogens (tertiary/aromatic N) is 5. The number of halogens is 2. The molecule has 9 heteroatoms. The summed E-state index contributed by atoms with van der Waals surface area (Å²) in [6.45, 7) is 4.57. The molecule has 1 saturated heterocycles. The van der Waals surface area contributed by atoms with Crippen LogP contribution >= 0.6 is 23.2 Å². The average molecular weight is 461 g/mol. The summed E-state index contributed by atoms with van der Waals surface area (Å²) in [5, 5.41) is 5.26. The van der Waals surface area contributed by atoms with Gasteiger partial charge >= 0.3 is 0 Å². The third-order valence-electron chi connectivity index (χ3n) is 5.75. The second-order valence-corrected chi connectivity index (χ2v) is 8.67. The summed E-state index contributed by atoms with van der Waals surface area (Å²) in [6, 6.07) is 7.46. The van der Waals surface area contributed by atoms with Crippen molar-refractivity contribution in [2.24, 2.45) is 7.05 Å². The number of rotatable bonds is 6. The van der Waals surface area contributed by atoms with Crippen LogP contribution in [0.3, 0.4) is 0 Å². The molecule has 1 aliphatic rings. The fourth-order valence-corrected chi connectivity index (χ4v) is 4.78. The molecule has 0 bridgehead atoms. The number of hydrogen-bond acceptors (Lipinski definition) is 5. The molecule has 1 unspecified atom stereocenters. The van der Waals surface area contributed by atoms with E-state index in [-0.39, 0.29) is 18.5 Å². The summed E-state index contributed by atoms with van der Waals surface area (Å²) in [5.74, 6) is 0.989. The number of hydrogen-bond donors (Lipinski definition) is 1. The van der Waals surface area contributed by atoms with Gasteiger partial charge in [-0.2, -0.15) is 0 Å². The van der Waals surface area contributed by atoms with Crippen LogP contribution in [0.4, 0.5) is 11.5 Å². The van der Waals surface area contributed by atoms with E-state index in [9.17, 15) is 4.79 Å². The molecule has 0 spiro atoms. The number of benzene rings is 1. The van der Waals surface area contributed by atoms with E-state index >= 15 is 0 Å². The topological polar surface area (TPSA) is 66.3 Å². The van der Waals surface area contributed by atoms with Crippen LogP contribution in [0, 0.1) is 0 Å². The van der Waals surface area contributed by atoms with Crippen LogP contribution in [0.15, 0.2) is 36.8 Å². The van der Waals surface area contributed by atoms with Gasteiger partial charge in [0.05, 0.1) is 11.9 Å². The molecule has 2 aromatic heterocycles. The van der Waals surface area contributed by atoms with Crippen molar-refractivity contribution in [3.05, 3.63) is 46.8 Å².